The lowest BCUT2D eigenvalue weighted by Crippen LogP contribution is -2.10. The van der Waals surface area contributed by atoms with E-state index >= 15 is 0 Å². The summed E-state index contributed by atoms with van der Waals surface area (Å²) < 4.78 is 2.07. The Morgan fingerprint density at radius 3 is 2.88 bits per heavy atom. The molecule has 0 bridgehead atoms. The van der Waals surface area contributed by atoms with Gasteiger partial charge in [-0.1, -0.05) is 12.1 Å². The Kier molecular flexibility index (Phi) is 3.67. The van der Waals surface area contributed by atoms with Gasteiger partial charge in [-0.2, -0.15) is 0 Å². The van der Waals surface area contributed by atoms with Gasteiger partial charge in [0.05, 0.1) is 10.9 Å². The Bertz CT molecular complexity index is 1060. The van der Waals surface area contributed by atoms with E-state index in [-0.39, 0.29) is 5.56 Å². The first-order chi connectivity index (χ1) is 12.2. The van der Waals surface area contributed by atoms with Crippen LogP contribution in [0.25, 0.3) is 21.7 Å². The SMILES string of the molecule is O=C(O)c1c#cc2c(c1)nc(NCCn1cccc1)c1ccncc12. The maximum absolute atomic E-state index is 11.2. The van der Waals surface area contributed by atoms with Crippen LogP contribution in [-0.4, -0.2) is 32.2 Å². The molecule has 0 aliphatic carbocycles. The highest BCUT2D eigenvalue weighted by molar-refractivity contribution is 6.09. The zero-order chi connectivity index (χ0) is 17.2. The molecule has 2 N–H and O–H groups in total. The van der Waals surface area contributed by atoms with E-state index in [2.05, 4.69) is 32.0 Å². The quantitative estimate of drug-likeness (QED) is 0.588. The first kappa shape index (κ1) is 15.0. The third kappa shape index (κ3) is 2.83. The Labute approximate surface area is 143 Å². The van der Waals surface area contributed by atoms with E-state index in [4.69, 9.17) is 5.11 Å². The summed E-state index contributed by atoms with van der Waals surface area (Å²) in [4.78, 5) is 20.0. The Morgan fingerprint density at radius 1 is 1.24 bits per heavy atom. The molecule has 1 aromatic carbocycles. The number of rotatable bonds is 5. The van der Waals surface area contributed by atoms with Crippen molar-refractivity contribution in [2.45, 2.75) is 6.54 Å². The van der Waals surface area contributed by atoms with Crippen LogP contribution in [0.15, 0.2) is 49.1 Å². The van der Waals surface area contributed by atoms with Crippen LogP contribution in [0.1, 0.15) is 10.4 Å². The number of fused-ring (bicyclic) bond motifs is 3. The van der Waals surface area contributed by atoms with Gasteiger partial charge in [0.2, 0.25) is 0 Å². The molecule has 0 unspecified atom stereocenters. The standard InChI is InChI=1S/C19H14N4O2/c24-19(25)13-3-4-14-16-12-20-6-5-15(16)18(22-17(14)11-13)21-7-10-23-8-1-2-9-23/h1-2,5-6,8-9,11-12H,7,10H2,(H,21,22)(H,24,25). The van der Waals surface area contributed by atoms with Crippen molar-refractivity contribution in [1.29, 1.82) is 0 Å². The van der Waals surface area contributed by atoms with Crippen molar-refractivity contribution in [3.05, 3.63) is 66.7 Å². The number of carboxylic acids is 1. The molecule has 0 fully saturated rings. The molecule has 0 saturated carbocycles. The molecule has 0 amide bonds. The fourth-order valence-corrected chi connectivity index (χ4v) is 2.79. The van der Waals surface area contributed by atoms with E-state index in [1.54, 1.807) is 12.4 Å². The fraction of sp³-hybridized carbons (Fsp3) is 0.105. The second-order valence-corrected chi connectivity index (χ2v) is 5.60. The molecule has 0 aliphatic heterocycles. The summed E-state index contributed by atoms with van der Waals surface area (Å²) in [5.41, 5.74) is 0.599. The zero-order valence-corrected chi connectivity index (χ0v) is 13.2. The maximum atomic E-state index is 11.2. The van der Waals surface area contributed by atoms with Gasteiger partial charge in [-0.25, -0.2) is 9.78 Å². The van der Waals surface area contributed by atoms with Crippen molar-refractivity contribution in [3.63, 3.8) is 0 Å². The average Bonchev–Trinajstić information content (AvgIpc) is 3.14. The van der Waals surface area contributed by atoms with Gasteiger partial charge in [-0.05, 0) is 24.3 Å². The average molecular weight is 330 g/mol. The van der Waals surface area contributed by atoms with E-state index < -0.39 is 5.97 Å². The van der Waals surface area contributed by atoms with Gasteiger partial charge in [0.25, 0.3) is 0 Å². The summed E-state index contributed by atoms with van der Waals surface area (Å²) in [7, 11) is 0. The molecule has 0 radical (unpaired) electrons. The number of pyridine rings is 2. The molecule has 6 heteroatoms. The molecule has 0 saturated heterocycles. The number of carboxylic acid groups (broad SMARTS) is 1. The lowest BCUT2D eigenvalue weighted by molar-refractivity contribution is 0.0697. The molecule has 0 aliphatic rings. The number of aromatic carboxylic acids is 1. The molecule has 0 atom stereocenters. The number of nitrogens with one attached hydrogen (secondary N) is 1. The van der Waals surface area contributed by atoms with Crippen LogP contribution in [0.5, 0.6) is 0 Å². The Balaban J connectivity index is 1.76. The van der Waals surface area contributed by atoms with Crippen LogP contribution >= 0.6 is 0 Å². The number of carbonyl (C=O) groups is 1. The molecule has 3 heterocycles. The summed E-state index contributed by atoms with van der Waals surface area (Å²) in [6, 6.07) is 12.9. The van der Waals surface area contributed by atoms with Gasteiger partial charge in [0, 0.05) is 48.6 Å². The van der Waals surface area contributed by atoms with Crippen molar-refractivity contribution >= 4 is 33.5 Å². The third-order valence-corrected chi connectivity index (χ3v) is 4.00. The molecule has 4 rings (SSSR count). The second-order valence-electron chi connectivity index (χ2n) is 5.60. The maximum Gasteiger partial charge on any atom is 0.344 e. The van der Waals surface area contributed by atoms with Crippen LogP contribution in [0.3, 0.4) is 0 Å². The highest BCUT2D eigenvalue weighted by atomic mass is 16.4. The minimum atomic E-state index is -1.05. The second kappa shape index (κ2) is 6.13. The molecular formula is C19H14N4O2. The van der Waals surface area contributed by atoms with Crippen molar-refractivity contribution in [3.8, 4) is 0 Å². The van der Waals surface area contributed by atoms with E-state index in [0.29, 0.717) is 23.3 Å². The smallest absolute Gasteiger partial charge is 0.344 e. The van der Waals surface area contributed by atoms with Crippen molar-refractivity contribution in [1.82, 2.24) is 14.5 Å². The lowest BCUT2D eigenvalue weighted by atomic mass is 10.1. The van der Waals surface area contributed by atoms with Gasteiger partial charge in [-0.3, -0.25) is 4.98 Å². The summed E-state index contributed by atoms with van der Waals surface area (Å²) >= 11 is 0. The van der Waals surface area contributed by atoms with Crippen LogP contribution in [-0.2, 0) is 6.54 Å². The molecule has 0 spiro atoms. The topological polar surface area (TPSA) is 80.0 Å². The van der Waals surface area contributed by atoms with Gasteiger partial charge >= 0.3 is 5.97 Å². The van der Waals surface area contributed by atoms with Crippen LogP contribution in [0.4, 0.5) is 5.82 Å². The van der Waals surface area contributed by atoms with Crippen LogP contribution in [0.2, 0.25) is 0 Å². The van der Waals surface area contributed by atoms with E-state index in [1.165, 1.54) is 6.07 Å². The number of anilines is 1. The highest BCUT2D eigenvalue weighted by Gasteiger charge is 2.10. The van der Waals surface area contributed by atoms with E-state index in [1.807, 2.05) is 30.6 Å². The normalized spacial score (nSPS) is 10.7. The fourth-order valence-electron chi connectivity index (χ4n) is 2.79. The molecule has 4 aromatic rings. The number of nitrogens with zero attached hydrogens (tertiary/aromatic N) is 3. The number of hydrogen-bond donors (Lipinski definition) is 2. The predicted octanol–water partition coefficient (Wildman–Crippen LogP) is 3.00. The lowest BCUT2D eigenvalue weighted by Gasteiger charge is -2.11. The van der Waals surface area contributed by atoms with Crippen LogP contribution in [0, 0.1) is 12.1 Å². The van der Waals surface area contributed by atoms with Gasteiger partial charge < -0.3 is 15.0 Å². The molecule has 3 aromatic heterocycles. The highest BCUT2D eigenvalue weighted by Crippen LogP contribution is 2.27. The summed E-state index contributed by atoms with van der Waals surface area (Å²) in [5, 5.41) is 15.0. The first-order valence-electron chi connectivity index (χ1n) is 7.82. The van der Waals surface area contributed by atoms with Crippen LogP contribution < -0.4 is 5.32 Å². The van der Waals surface area contributed by atoms with Crippen molar-refractivity contribution in [2.24, 2.45) is 0 Å². The summed E-state index contributed by atoms with van der Waals surface area (Å²) in [5.74, 6) is -0.346. The molecule has 6 nitrogen and oxygen atoms in total. The van der Waals surface area contributed by atoms with Gasteiger partial charge in [-0.15, -0.1) is 0 Å². The van der Waals surface area contributed by atoms with Crippen molar-refractivity contribution in [2.75, 3.05) is 11.9 Å². The minimum Gasteiger partial charge on any atom is -0.477 e. The first-order valence-corrected chi connectivity index (χ1v) is 7.82. The van der Waals surface area contributed by atoms with E-state index in [9.17, 15) is 4.79 Å². The summed E-state index contributed by atoms with van der Waals surface area (Å²) in [6.45, 7) is 1.49. The zero-order valence-electron chi connectivity index (χ0n) is 13.2. The summed E-state index contributed by atoms with van der Waals surface area (Å²) in [6.07, 6.45) is 7.45. The molecule has 25 heavy (non-hydrogen) atoms. The molecule has 122 valence electrons. The van der Waals surface area contributed by atoms with Gasteiger partial charge in [0.1, 0.15) is 11.4 Å². The third-order valence-electron chi connectivity index (χ3n) is 4.00. The largest absolute Gasteiger partial charge is 0.477 e. The Hall–Kier alpha value is -3.59. The predicted molar refractivity (Wildman–Crippen MR) is 94.6 cm³/mol. The number of aromatic nitrogens is 3. The molecular weight excluding hydrogens is 316 g/mol. The van der Waals surface area contributed by atoms with Gasteiger partial charge in [0.15, 0.2) is 0 Å². The minimum absolute atomic E-state index is 0.0431. The van der Waals surface area contributed by atoms with Crippen molar-refractivity contribution < 1.29 is 9.90 Å². The Morgan fingerprint density at radius 2 is 2.08 bits per heavy atom. The number of hydrogen-bond acceptors (Lipinski definition) is 4. The monoisotopic (exact) mass is 330 g/mol. The van der Waals surface area contributed by atoms with E-state index in [0.717, 1.165) is 17.3 Å².